The zero-order chi connectivity index (χ0) is 27.2. The second-order valence-electron chi connectivity index (χ2n) is 11.2. The van der Waals surface area contributed by atoms with Crippen molar-refractivity contribution in [3.05, 3.63) is 0 Å². The lowest BCUT2D eigenvalue weighted by Crippen LogP contribution is -2.59. The minimum Gasteiger partial charge on any atom is -0.442 e. The maximum Gasteiger partial charge on any atom is 0.407 e. The number of unbranched alkanes of at least 4 members (excludes halogenated alkanes) is 1. The number of likely N-dealkylation sites (tertiary alicyclic amines) is 2. The number of ether oxygens (including phenoxy) is 1. The van der Waals surface area contributed by atoms with Crippen LogP contribution in [-0.4, -0.2) is 96.7 Å². The van der Waals surface area contributed by atoms with Gasteiger partial charge in [-0.25, -0.2) is 9.59 Å². The molecule has 2 heterocycles. The zero-order valence-electron chi connectivity index (χ0n) is 23.1. The lowest BCUT2D eigenvalue weighted by Gasteiger charge is -2.37. The fourth-order valence-corrected chi connectivity index (χ4v) is 4.71. The zero-order valence-corrected chi connectivity index (χ0v) is 23.1. The number of rotatable bonds is 9. The molecule has 0 unspecified atom stereocenters. The van der Waals surface area contributed by atoms with Crippen LogP contribution in [0.25, 0.3) is 0 Å². The Balaban J connectivity index is 2.30. The van der Waals surface area contributed by atoms with Gasteiger partial charge >= 0.3 is 12.1 Å². The van der Waals surface area contributed by atoms with E-state index in [1.54, 1.807) is 23.8 Å². The second-order valence-corrected chi connectivity index (χ2v) is 11.2. The Bertz CT molecular complexity index is 798. The third kappa shape index (κ3) is 7.24. The molecular weight excluding hydrogens is 464 g/mol. The number of likely N-dealkylation sites (N-methyl/N-ethyl adjacent to an activating group) is 1. The quantitative estimate of drug-likeness (QED) is 0.347. The Morgan fingerprint density at radius 2 is 1.72 bits per heavy atom. The van der Waals surface area contributed by atoms with Crippen LogP contribution in [0.1, 0.15) is 67.7 Å². The van der Waals surface area contributed by atoms with Crippen LogP contribution >= 0.6 is 0 Å². The Hall–Kier alpha value is -2.56. The van der Waals surface area contributed by atoms with E-state index in [0.717, 1.165) is 12.8 Å². The summed E-state index contributed by atoms with van der Waals surface area (Å²) in [5.41, 5.74) is -0.556. The van der Waals surface area contributed by atoms with Crippen LogP contribution in [0.2, 0.25) is 0 Å². The summed E-state index contributed by atoms with van der Waals surface area (Å²) in [5, 5.41) is 11.5. The number of carbonyl (C=O) groups is 4. The van der Waals surface area contributed by atoms with E-state index in [0.29, 0.717) is 19.5 Å². The van der Waals surface area contributed by atoms with E-state index in [-0.39, 0.29) is 36.5 Å². The molecule has 0 bridgehead atoms. The summed E-state index contributed by atoms with van der Waals surface area (Å²) in [5.74, 6) is -0.508. The molecule has 2 fully saturated rings. The van der Waals surface area contributed by atoms with Crippen LogP contribution in [0, 0.1) is 5.41 Å². The van der Waals surface area contributed by atoms with E-state index in [2.05, 4.69) is 21.3 Å². The van der Waals surface area contributed by atoms with E-state index in [1.807, 2.05) is 41.5 Å². The monoisotopic (exact) mass is 510 g/mol. The minimum atomic E-state index is -0.780. The molecule has 0 radical (unpaired) electrons. The second kappa shape index (κ2) is 12.6. The number of hydrogen-bond donors (Lipinski definition) is 4. The molecule has 0 aliphatic carbocycles. The molecule has 0 aromatic carbocycles. The number of carbonyl (C=O) groups excluding carboxylic acids is 4. The fraction of sp³-hybridized carbons (Fsp3) is 0.840. The molecule has 0 saturated carbocycles. The number of urea groups is 1. The maximum atomic E-state index is 13.9. The highest BCUT2D eigenvalue weighted by atomic mass is 16.6. The molecular formula is C25H46N6O5. The third-order valence-electron chi connectivity index (χ3n) is 6.82. The van der Waals surface area contributed by atoms with E-state index in [9.17, 15) is 19.2 Å². The van der Waals surface area contributed by atoms with Crippen LogP contribution in [0.3, 0.4) is 0 Å². The summed E-state index contributed by atoms with van der Waals surface area (Å²) in [6.45, 7) is 14.3. The van der Waals surface area contributed by atoms with E-state index in [1.165, 1.54) is 0 Å². The van der Waals surface area contributed by atoms with E-state index >= 15 is 0 Å². The third-order valence-corrected chi connectivity index (χ3v) is 6.82. The van der Waals surface area contributed by atoms with Gasteiger partial charge in [-0.15, -0.1) is 0 Å². The SMILES string of the molecule is CCCCNC(=O)O[C@H]1CN(C(=O)NC(C)C)[C@@H]2CCN(C(=O)[C@@H](NC(=O)[C@H](C)NC)C(C)(C)C)[C@H]12. The molecule has 5 amide bonds. The largest absolute Gasteiger partial charge is 0.442 e. The molecule has 206 valence electrons. The Kier molecular flexibility index (Phi) is 10.4. The molecule has 2 rings (SSSR count). The van der Waals surface area contributed by atoms with Crippen molar-refractivity contribution in [2.75, 3.05) is 26.7 Å². The average Bonchev–Trinajstić information content (AvgIpc) is 3.36. The summed E-state index contributed by atoms with van der Waals surface area (Å²) in [6.07, 6.45) is 1.11. The normalized spacial score (nSPS) is 23.2. The van der Waals surface area contributed by atoms with Gasteiger partial charge in [0, 0.05) is 19.1 Å². The first-order valence-electron chi connectivity index (χ1n) is 13.1. The summed E-state index contributed by atoms with van der Waals surface area (Å²) >= 11 is 0. The molecule has 0 spiro atoms. The van der Waals surface area contributed by atoms with Crippen molar-refractivity contribution in [1.29, 1.82) is 0 Å². The highest BCUT2D eigenvalue weighted by molar-refractivity contribution is 5.90. The predicted molar refractivity (Wildman–Crippen MR) is 137 cm³/mol. The maximum absolute atomic E-state index is 13.9. The van der Waals surface area contributed by atoms with Gasteiger partial charge in [-0.1, -0.05) is 34.1 Å². The van der Waals surface area contributed by atoms with Crippen molar-refractivity contribution in [2.45, 2.75) is 104 Å². The van der Waals surface area contributed by atoms with Gasteiger partial charge < -0.3 is 35.8 Å². The first kappa shape index (κ1) is 29.7. The number of alkyl carbamates (subject to hydrolysis) is 1. The molecule has 0 aromatic rings. The smallest absolute Gasteiger partial charge is 0.407 e. The highest BCUT2D eigenvalue weighted by Crippen LogP contribution is 2.35. The van der Waals surface area contributed by atoms with Crippen LogP contribution < -0.4 is 21.3 Å². The van der Waals surface area contributed by atoms with Gasteiger partial charge in [-0.2, -0.15) is 0 Å². The number of nitrogens with one attached hydrogen (secondary N) is 4. The first-order valence-corrected chi connectivity index (χ1v) is 13.1. The van der Waals surface area contributed by atoms with E-state index in [4.69, 9.17) is 4.74 Å². The molecule has 11 nitrogen and oxygen atoms in total. The van der Waals surface area contributed by atoms with Gasteiger partial charge in [-0.3, -0.25) is 9.59 Å². The molecule has 2 saturated heterocycles. The van der Waals surface area contributed by atoms with Gasteiger partial charge in [0.1, 0.15) is 12.1 Å². The van der Waals surface area contributed by atoms with Crippen molar-refractivity contribution in [3.8, 4) is 0 Å². The Morgan fingerprint density at radius 1 is 1.06 bits per heavy atom. The summed E-state index contributed by atoms with van der Waals surface area (Å²) in [4.78, 5) is 55.4. The molecule has 5 atom stereocenters. The molecule has 0 aromatic heterocycles. The summed E-state index contributed by atoms with van der Waals surface area (Å²) < 4.78 is 5.78. The number of nitrogens with zero attached hydrogens (tertiary/aromatic N) is 2. The van der Waals surface area contributed by atoms with Crippen molar-refractivity contribution in [2.24, 2.45) is 5.41 Å². The van der Waals surface area contributed by atoms with Crippen LogP contribution in [0.4, 0.5) is 9.59 Å². The molecule has 2 aliphatic rings. The minimum absolute atomic E-state index is 0.0537. The lowest BCUT2D eigenvalue weighted by atomic mass is 9.85. The summed E-state index contributed by atoms with van der Waals surface area (Å²) in [7, 11) is 1.69. The van der Waals surface area contributed by atoms with Gasteiger partial charge in [0.15, 0.2) is 0 Å². The predicted octanol–water partition coefficient (Wildman–Crippen LogP) is 1.42. The van der Waals surface area contributed by atoms with Gasteiger partial charge in [0.05, 0.1) is 24.7 Å². The Morgan fingerprint density at radius 3 is 2.28 bits per heavy atom. The van der Waals surface area contributed by atoms with Crippen LogP contribution in [0.5, 0.6) is 0 Å². The molecule has 11 heteroatoms. The first-order chi connectivity index (χ1) is 16.8. The van der Waals surface area contributed by atoms with Crippen LogP contribution in [-0.2, 0) is 14.3 Å². The number of amides is 5. The number of hydrogen-bond acceptors (Lipinski definition) is 6. The highest BCUT2D eigenvalue weighted by Gasteiger charge is 2.55. The van der Waals surface area contributed by atoms with E-state index < -0.39 is 35.7 Å². The molecule has 4 N–H and O–H groups in total. The van der Waals surface area contributed by atoms with Crippen LogP contribution in [0.15, 0.2) is 0 Å². The van der Waals surface area contributed by atoms with Crippen molar-refractivity contribution >= 4 is 23.9 Å². The Labute approximate surface area is 215 Å². The van der Waals surface area contributed by atoms with Gasteiger partial charge in [-0.05, 0) is 46.1 Å². The molecule has 2 aliphatic heterocycles. The van der Waals surface area contributed by atoms with Gasteiger partial charge in [0.25, 0.3) is 0 Å². The average molecular weight is 511 g/mol. The lowest BCUT2D eigenvalue weighted by molar-refractivity contribution is -0.141. The molecule has 36 heavy (non-hydrogen) atoms. The fourth-order valence-electron chi connectivity index (χ4n) is 4.71. The standard InChI is InChI=1S/C25H46N6O5/c1-9-10-12-27-24(35)36-18-14-31(23(34)28-15(2)3)17-11-13-30(19(17)18)22(33)20(25(5,6)7)29-21(32)16(4)26-8/h15-20,26H,9-14H2,1-8H3,(H,27,35)(H,28,34)(H,29,32)/t16-,17+,18-,19-,20+/m0/s1. The summed E-state index contributed by atoms with van der Waals surface area (Å²) in [6, 6.07) is -2.31. The van der Waals surface area contributed by atoms with Crippen molar-refractivity contribution in [1.82, 2.24) is 31.1 Å². The van der Waals surface area contributed by atoms with Crippen molar-refractivity contribution in [3.63, 3.8) is 0 Å². The van der Waals surface area contributed by atoms with Gasteiger partial charge in [0.2, 0.25) is 11.8 Å². The number of fused-ring (bicyclic) bond motifs is 1. The topological polar surface area (TPSA) is 132 Å². The van der Waals surface area contributed by atoms with Crippen molar-refractivity contribution < 1.29 is 23.9 Å².